The molecule has 0 aliphatic carbocycles. The van der Waals surface area contributed by atoms with Crippen molar-refractivity contribution in [3.8, 4) is 0 Å². The number of aliphatic hydroxyl groups excluding tert-OH is 2. The molecule has 6 nitrogen and oxygen atoms in total. The van der Waals surface area contributed by atoms with Gasteiger partial charge in [-0.15, -0.1) is 0 Å². The van der Waals surface area contributed by atoms with E-state index in [1.54, 1.807) is 0 Å². The molecule has 3 rings (SSSR count). The fourth-order valence-corrected chi connectivity index (χ4v) is 3.16. The Morgan fingerprint density at radius 3 is 1.85 bits per heavy atom. The summed E-state index contributed by atoms with van der Waals surface area (Å²) in [5, 5.41) is 20.4. The van der Waals surface area contributed by atoms with Gasteiger partial charge in [0.25, 0.3) is 0 Å². The summed E-state index contributed by atoms with van der Waals surface area (Å²) in [5.74, 6) is 0. The van der Waals surface area contributed by atoms with E-state index in [9.17, 15) is 10.2 Å². The number of hydrogen-bond donors (Lipinski definition) is 2. The third-order valence-corrected chi connectivity index (χ3v) is 4.60. The molecule has 5 atom stereocenters. The summed E-state index contributed by atoms with van der Waals surface area (Å²) >= 11 is 0. The smallest absolute Gasteiger partial charge is 0.186 e. The summed E-state index contributed by atoms with van der Waals surface area (Å²) in [6, 6.07) is 19.4. The molecule has 2 N–H and O–H groups in total. The van der Waals surface area contributed by atoms with Crippen LogP contribution in [-0.2, 0) is 32.2 Å². The van der Waals surface area contributed by atoms with Crippen LogP contribution in [0.2, 0.25) is 0 Å². The molecule has 0 spiro atoms. The van der Waals surface area contributed by atoms with Gasteiger partial charge in [0.2, 0.25) is 0 Å². The largest absolute Gasteiger partial charge is 0.394 e. The maximum absolute atomic E-state index is 10.7. The highest BCUT2D eigenvalue weighted by Gasteiger charge is 2.46. The van der Waals surface area contributed by atoms with Gasteiger partial charge in [0.1, 0.15) is 24.4 Å². The zero-order valence-electron chi connectivity index (χ0n) is 15.3. The highest BCUT2D eigenvalue weighted by molar-refractivity contribution is 5.14. The second-order valence-electron chi connectivity index (χ2n) is 6.47. The van der Waals surface area contributed by atoms with E-state index in [1.807, 2.05) is 60.7 Å². The third-order valence-electron chi connectivity index (χ3n) is 4.60. The van der Waals surface area contributed by atoms with Crippen LogP contribution in [0, 0.1) is 0 Å². The minimum atomic E-state index is -1.04. The molecule has 0 aromatic heterocycles. The first-order valence-corrected chi connectivity index (χ1v) is 9.01. The number of benzene rings is 2. The minimum Gasteiger partial charge on any atom is -0.394 e. The van der Waals surface area contributed by atoms with E-state index in [2.05, 4.69) is 0 Å². The summed E-state index contributed by atoms with van der Waals surface area (Å²) in [6.07, 6.45) is -3.94. The Bertz CT molecular complexity index is 665. The first-order chi connectivity index (χ1) is 13.2. The van der Waals surface area contributed by atoms with Gasteiger partial charge in [-0.05, 0) is 11.1 Å². The molecular formula is C21H26O6. The summed E-state index contributed by atoms with van der Waals surface area (Å²) in [5.41, 5.74) is 1.96. The van der Waals surface area contributed by atoms with E-state index >= 15 is 0 Å². The summed E-state index contributed by atoms with van der Waals surface area (Å²) in [6.45, 7) is 0.362. The van der Waals surface area contributed by atoms with E-state index in [-0.39, 0.29) is 6.61 Å². The Hall–Kier alpha value is -1.80. The van der Waals surface area contributed by atoms with Crippen molar-refractivity contribution in [3.63, 3.8) is 0 Å². The van der Waals surface area contributed by atoms with E-state index in [0.29, 0.717) is 13.2 Å². The van der Waals surface area contributed by atoms with Crippen LogP contribution >= 0.6 is 0 Å². The molecule has 1 aliphatic rings. The summed E-state index contributed by atoms with van der Waals surface area (Å²) < 4.78 is 22.9. The van der Waals surface area contributed by atoms with Crippen LogP contribution in [0.4, 0.5) is 0 Å². The van der Waals surface area contributed by atoms with Crippen LogP contribution in [-0.4, -0.2) is 54.6 Å². The normalized spacial score (nSPS) is 28.2. The third kappa shape index (κ3) is 5.13. The number of hydrogen-bond acceptors (Lipinski definition) is 6. The average Bonchev–Trinajstić information content (AvgIpc) is 2.73. The molecule has 0 amide bonds. The van der Waals surface area contributed by atoms with Crippen LogP contribution in [0.5, 0.6) is 0 Å². The second kappa shape index (κ2) is 9.94. The molecule has 1 fully saturated rings. The minimum absolute atomic E-state index is 0.267. The van der Waals surface area contributed by atoms with Gasteiger partial charge in [-0.1, -0.05) is 60.7 Å². The molecule has 1 aliphatic heterocycles. The molecule has 1 heterocycles. The Morgan fingerprint density at radius 1 is 0.852 bits per heavy atom. The fraction of sp³-hybridized carbons (Fsp3) is 0.429. The van der Waals surface area contributed by atoms with Crippen molar-refractivity contribution >= 4 is 0 Å². The van der Waals surface area contributed by atoms with Crippen molar-refractivity contribution < 1.29 is 29.2 Å². The molecule has 1 saturated heterocycles. The van der Waals surface area contributed by atoms with Gasteiger partial charge in [-0.3, -0.25) is 0 Å². The Morgan fingerprint density at radius 2 is 1.37 bits per heavy atom. The lowest BCUT2D eigenvalue weighted by atomic mass is 9.98. The predicted molar refractivity (Wildman–Crippen MR) is 98.8 cm³/mol. The van der Waals surface area contributed by atoms with Gasteiger partial charge in [-0.2, -0.15) is 0 Å². The molecule has 27 heavy (non-hydrogen) atoms. The van der Waals surface area contributed by atoms with Crippen LogP contribution in [0.3, 0.4) is 0 Å². The first kappa shape index (κ1) is 19.9. The number of methoxy groups -OCH3 is 1. The van der Waals surface area contributed by atoms with Crippen LogP contribution in [0.15, 0.2) is 60.7 Å². The Balaban J connectivity index is 1.73. The quantitative estimate of drug-likeness (QED) is 0.735. The SMILES string of the molecule is CO[C@@H]1O[C@H](CO)[C@H](OCc2ccccc2)[C@H](OCc2ccccc2)[C@H]1O. The highest BCUT2D eigenvalue weighted by Crippen LogP contribution is 2.28. The van der Waals surface area contributed by atoms with Crippen LogP contribution < -0.4 is 0 Å². The van der Waals surface area contributed by atoms with E-state index in [0.717, 1.165) is 11.1 Å². The standard InChI is InChI=1S/C21H26O6/c1-24-21-18(23)20(26-14-16-10-6-3-7-11-16)19(17(12-22)27-21)25-13-15-8-4-2-5-9-15/h2-11,17-23H,12-14H2,1H3/t17-,18-,19+,20-,21-/m1/s1. The number of rotatable bonds is 8. The lowest BCUT2D eigenvalue weighted by Crippen LogP contribution is -2.60. The molecule has 0 radical (unpaired) electrons. The van der Waals surface area contributed by atoms with Gasteiger partial charge in [0.15, 0.2) is 6.29 Å². The Kier molecular flexibility index (Phi) is 7.34. The fourth-order valence-electron chi connectivity index (χ4n) is 3.16. The second-order valence-corrected chi connectivity index (χ2v) is 6.47. The van der Waals surface area contributed by atoms with Gasteiger partial charge in [0, 0.05) is 7.11 Å². The van der Waals surface area contributed by atoms with Crippen molar-refractivity contribution in [3.05, 3.63) is 71.8 Å². The maximum Gasteiger partial charge on any atom is 0.186 e. The molecule has 0 bridgehead atoms. The topological polar surface area (TPSA) is 77.4 Å². The lowest BCUT2D eigenvalue weighted by molar-refractivity contribution is -0.311. The van der Waals surface area contributed by atoms with E-state index < -0.39 is 30.7 Å². The van der Waals surface area contributed by atoms with E-state index in [1.165, 1.54) is 7.11 Å². The van der Waals surface area contributed by atoms with Crippen molar-refractivity contribution in [1.29, 1.82) is 0 Å². The zero-order valence-corrected chi connectivity index (χ0v) is 15.3. The molecule has 0 saturated carbocycles. The van der Waals surface area contributed by atoms with Gasteiger partial charge in [0.05, 0.1) is 19.8 Å². The van der Waals surface area contributed by atoms with Gasteiger partial charge in [-0.25, -0.2) is 0 Å². The van der Waals surface area contributed by atoms with Crippen molar-refractivity contribution in [2.45, 2.75) is 43.9 Å². The number of ether oxygens (including phenoxy) is 4. The molecule has 0 unspecified atom stereocenters. The molecule has 2 aromatic carbocycles. The lowest BCUT2D eigenvalue weighted by Gasteiger charge is -2.43. The highest BCUT2D eigenvalue weighted by atomic mass is 16.7. The average molecular weight is 374 g/mol. The summed E-state index contributed by atoms with van der Waals surface area (Å²) in [4.78, 5) is 0. The molecule has 2 aromatic rings. The summed E-state index contributed by atoms with van der Waals surface area (Å²) in [7, 11) is 1.45. The van der Waals surface area contributed by atoms with Crippen LogP contribution in [0.25, 0.3) is 0 Å². The van der Waals surface area contributed by atoms with Crippen molar-refractivity contribution in [2.75, 3.05) is 13.7 Å². The molecule has 146 valence electrons. The van der Waals surface area contributed by atoms with Crippen molar-refractivity contribution in [1.82, 2.24) is 0 Å². The maximum atomic E-state index is 10.7. The predicted octanol–water partition coefficient (Wildman–Crippen LogP) is 1.88. The number of aliphatic hydroxyl groups is 2. The van der Waals surface area contributed by atoms with Gasteiger partial charge >= 0.3 is 0 Å². The molecular weight excluding hydrogens is 348 g/mol. The van der Waals surface area contributed by atoms with Crippen LogP contribution in [0.1, 0.15) is 11.1 Å². The first-order valence-electron chi connectivity index (χ1n) is 9.01. The monoisotopic (exact) mass is 374 g/mol. The van der Waals surface area contributed by atoms with Crippen molar-refractivity contribution in [2.24, 2.45) is 0 Å². The van der Waals surface area contributed by atoms with Gasteiger partial charge < -0.3 is 29.2 Å². The van der Waals surface area contributed by atoms with E-state index in [4.69, 9.17) is 18.9 Å². The Labute approximate surface area is 159 Å². The zero-order chi connectivity index (χ0) is 19.1. The molecule has 6 heteroatoms.